The van der Waals surface area contributed by atoms with Crippen molar-refractivity contribution in [3.8, 4) is 0 Å². The van der Waals surface area contributed by atoms with E-state index in [1.807, 2.05) is 24.3 Å². The largest absolute Gasteiger partial charge is 0.481 e. The molecule has 0 aliphatic heterocycles. The van der Waals surface area contributed by atoms with Gasteiger partial charge in [-0.05, 0) is 30.5 Å². The van der Waals surface area contributed by atoms with Crippen LogP contribution in [0.2, 0.25) is 0 Å². The molecule has 1 aromatic rings. The maximum absolute atomic E-state index is 11.4. The van der Waals surface area contributed by atoms with E-state index in [-0.39, 0.29) is 12.5 Å². The number of aryl methyl sites for hydroxylation is 1. The van der Waals surface area contributed by atoms with Gasteiger partial charge in [-0.3, -0.25) is 4.79 Å². The van der Waals surface area contributed by atoms with Crippen molar-refractivity contribution in [2.45, 2.75) is 26.2 Å². The van der Waals surface area contributed by atoms with Gasteiger partial charge >= 0.3 is 12.0 Å². The van der Waals surface area contributed by atoms with E-state index in [1.54, 1.807) is 0 Å². The molecular formula is C13H18N2O3. The molecule has 1 rings (SSSR count). The topological polar surface area (TPSA) is 78.4 Å². The molecule has 0 saturated carbocycles. The average Bonchev–Trinajstić information content (AvgIpc) is 2.35. The van der Waals surface area contributed by atoms with Crippen molar-refractivity contribution in [2.24, 2.45) is 0 Å². The Kier molecular flexibility index (Phi) is 5.70. The molecule has 98 valence electrons. The van der Waals surface area contributed by atoms with E-state index in [9.17, 15) is 9.59 Å². The second-order valence-corrected chi connectivity index (χ2v) is 3.93. The summed E-state index contributed by atoms with van der Waals surface area (Å²) in [5, 5.41) is 13.7. The van der Waals surface area contributed by atoms with Gasteiger partial charge in [0, 0.05) is 18.7 Å². The van der Waals surface area contributed by atoms with Gasteiger partial charge in [0.1, 0.15) is 0 Å². The fourth-order valence-electron chi connectivity index (χ4n) is 1.44. The highest BCUT2D eigenvalue weighted by Gasteiger charge is 2.02. The minimum absolute atomic E-state index is 0.0610. The van der Waals surface area contributed by atoms with Crippen LogP contribution < -0.4 is 10.6 Å². The van der Waals surface area contributed by atoms with Crippen molar-refractivity contribution >= 4 is 17.7 Å². The first-order valence-corrected chi connectivity index (χ1v) is 5.97. The Morgan fingerprint density at radius 3 is 2.44 bits per heavy atom. The number of nitrogens with one attached hydrogen (secondary N) is 2. The summed E-state index contributed by atoms with van der Waals surface area (Å²) in [4.78, 5) is 21.7. The number of hydrogen-bond acceptors (Lipinski definition) is 2. The smallest absolute Gasteiger partial charge is 0.319 e. The summed E-state index contributed by atoms with van der Waals surface area (Å²) >= 11 is 0. The molecule has 0 aromatic heterocycles. The van der Waals surface area contributed by atoms with Crippen LogP contribution in [0.25, 0.3) is 0 Å². The van der Waals surface area contributed by atoms with Crippen LogP contribution in [0.4, 0.5) is 10.5 Å². The van der Waals surface area contributed by atoms with Crippen molar-refractivity contribution in [3.63, 3.8) is 0 Å². The van der Waals surface area contributed by atoms with Gasteiger partial charge in [-0.15, -0.1) is 0 Å². The lowest BCUT2D eigenvalue weighted by Gasteiger charge is -2.07. The maximum atomic E-state index is 11.4. The SMILES string of the molecule is CCc1ccc(NC(=O)NCCCC(=O)O)cc1. The number of carboxylic acids is 1. The van der Waals surface area contributed by atoms with Gasteiger partial charge < -0.3 is 15.7 Å². The lowest BCUT2D eigenvalue weighted by atomic mass is 10.1. The van der Waals surface area contributed by atoms with Gasteiger partial charge in [-0.1, -0.05) is 19.1 Å². The molecule has 0 heterocycles. The highest BCUT2D eigenvalue weighted by molar-refractivity contribution is 5.89. The fourth-order valence-corrected chi connectivity index (χ4v) is 1.44. The van der Waals surface area contributed by atoms with Crippen molar-refractivity contribution in [1.29, 1.82) is 0 Å². The lowest BCUT2D eigenvalue weighted by Crippen LogP contribution is -2.29. The zero-order chi connectivity index (χ0) is 13.4. The number of anilines is 1. The molecular weight excluding hydrogens is 232 g/mol. The summed E-state index contributed by atoms with van der Waals surface area (Å²) in [6, 6.07) is 7.29. The molecule has 0 saturated heterocycles. The number of rotatable bonds is 6. The molecule has 0 unspecified atom stereocenters. The van der Waals surface area contributed by atoms with Gasteiger partial charge in [-0.2, -0.15) is 0 Å². The number of carbonyl (C=O) groups is 2. The van der Waals surface area contributed by atoms with Crippen molar-refractivity contribution < 1.29 is 14.7 Å². The molecule has 0 atom stereocenters. The first kappa shape index (κ1) is 14.0. The molecule has 1 aromatic carbocycles. The van der Waals surface area contributed by atoms with E-state index in [0.717, 1.165) is 12.1 Å². The minimum atomic E-state index is -0.854. The van der Waals surface area contributed by atoms with Crippen LogP contribution in [0.15, 0.2) is 24.3 Å². The third kappa shape index (κ3) is 5.34. The highest BCUT2D eigenvalue weighted by Crippen LogP contribution is 2.09. The molecule has 2 amide bonds. The number of urea groups is 1. The monoisotopic (exact) mass is 250 g/mol. The Morgan fingerprint density at radius 2 is 1.89 bits per heavy atom. The number of carboxylic acid groups (broad SMARTS) is 1. The normalized spacial score (nSPS) is 9.83. The quantitative estimate of drug-likeness (QED) is 0.677. The number of hydrogen-bond donors (Lipinski definition) is 3. The summed E-state index contributed by atoms with van der Waals surface area (Å²) in [7, 11) is 0. The van der Waals surface area contributed by atoms with Crippen molar-refractivity contribution in [1.82, 2.24) is 5.32 Å². The van der Waals surface area contributed by atoms with Gasteiger partial charge in [0.25, 0.3) is 0 Å². The Hall–Kier alpha value is -2.04. The summed E-state index contributed by atoms with van der Waals surface area (Å²) in [6.45, 7) is 2.42. The van der Waals surface area contributed by atoms with E-state index < -0.39 is 5.97 Å². The van der Waals surface area contributed by atoms with Crippen LogP contribution in [0.1, 0.15) is 25.3 Å². The molecule has 0 fully saturated rings. The second kappa shape index (κ2) is 7.32. The minimum Gasteiger partial charge on any atom is -0.481 e. The fraction of sp³-hybridized carbons (Fsp3) is 0.385. The Morgan fingerprint density at radius 1 is 1.22 bits per heavy atom. The van der Waals surface area contributed by atoms with E-state index in [1.165, 1.54) is 5.56 Å². The third-order valence-corrected chi connectivity index (χ3v) is 2.47. The van der Waals surface area contributed by atoms with Crippen LogP contribution in [-0.2, 0) is 11.2 Å². The number of amides is 2. The summed E-state index contributed by atoms with van der Waals surface area (Å²) in [5.41, 5.74) is 1.94. The highest BCUT2D eigenvalue weighted by atomic mass is 16.4. The molecule has 0 aliphatic rings. The van der Waals surface area contributed by atoms with Gasteiger partial charge in [0.05, 0.1) is 0 Å². The predicted molar refractivity (Wildman–Crippen MR) is 69.7 cm³/mol. The van der Waals surface area contributed by atoms with Crippen molar-refractivity contribution in [3.05, 3.63) is 29.8 Å². The molecule has 5 heteroatoms. The third-order valence-electron chi connectivity index (χ3n) is 2.47. The Labute approximate surface area is 106 Å². The van der Waals surface area contributed by atoms with E-state index in [2.05, 4.69) is 17.6 Å². The average molecular weight is 250 g/mol. The maximum Gasteiger partial charge on any atom is 0.319 e. The first-order chi connectivity index (χ1) is 8.61. The van der Waals surface area contributed by atoms with E-state index >= 15 is 0 Å². The van der Waals surface area contributed by atoms with Gasteiger partial charge in [0.2, 0.25) is 0 Å². The van der Waals surface area contributed by atoms with Crippen molar-refractivity contribution in [2.75, 3.05) is 11.9 Å². The van der Waals surface area contributed by atoms with E-state index in [0.29, 0.717) is 13.0 Å². The number of carbonyl (C=O) groups excluding carboxylic acids is 1. The molecule has 0 aliphatic carbocycles. The van der Waals surface area contributed by atoms with Crippen LogP contribution >= 0.6 is 0 Å². The van der Waals surface area contributed by atoms with E-state index in [4.69, 9.17) is 5.11 Å². The van der Waals surface area contributed by atoms with Crippen LogP contribution in [0.3, 0.4) is 0 Å². The van der Waals surface area contributed by atoms with Gasteiger partial charge in [0.15, 0.2) is 0 Å². The Balaban J connectivity index is 2.28. The summed E-state index contributed by atoms with van der Waals surface area (Å²) in [5.74, 6) is -0.854. The predicted octanol–water partition coefficient (Wildman–Crippen LogP) is 2.24. The zero-order valence-corrected chi connectivity index (χ0v) is 10.4. The molecule has 18 heavy (non-hydrogen) atoms. The first-order valence-electron chi connectivity index (χ1n) is 5.97. The molecule has 0 radical (unpaired) electrons. The molecule has 0 bridgehead atoms. The number of aliphatic carboxylic acids is 1. The van der Waals surface area contributed by atoms with Crippen LogP contribution in [0, 0.1) is 0 Å². The molecule has 0 spiro atoms. The summed E-state index contributed by atoms with van der Waals surface area (Å²) < 4.78 is 0. The molecule has 5 nitrogen and oxygen atoms in total. The Bertz CT molecular complexity index is 401. The summed E-state index contributed by atoms with van der Waals surface area (Å²) in [6.07, 6.45) is 1.45. The van der Waals surface area contributed by atoms with Crippen LogP contribution in [-0.4, -0.2) is 23.7 Å². The van der Waals surface area contributed by atoms with Crippen LogP contribution in [0.5, 0.6) is 0 Å². The lowest BCUT2D eigenvalue weighted by molar-refractivity contribution is -0.137. The second-order valence-electron chi connectivity index (χ2n) is 3.93. The number of benzene rings is 1. The zero-order valence-electron chi connectivity index (χ0n) is 10.4. The molecule has 3 N–H and O–H groups in total. The standard InChI is InChI=1S/C13H18N2O3/c1-2-10-5-7-11(8-6-10)15-13(18)14-9-3-4-12(16)17/h5-8H,2-4,9H2,1H3,(H,16,17)(H2,14,15,18). The van der Waals surface area contributed by atoms with Gasteiger partial charge in [-0.25, -0.2) is 4.79 Å².